The molecule has 0 aliphatic rings. The zero-order valence-corrected chi connectivity index (χ0v) is 8.36. The first-order valence-electron chi connectivity index (χ1n) is 4.09. The molecule has 1 amide bonds. The summed E-state index contributed by atoms with van der Waals surface area (Å²) < 4.78 is 0. The van der Waals surface area contributed by atoms with E-state index in [1.165, 1.54) is 12.4 Å². The second kappa shape index (κ2) is 4.56. The van der Waals surface area contributed by atoms with Gasteiger partial charge in [-0.05, 0) is 11.8 Å². The van der Waals surface area contributed by atoms with E-state index >= 15 is 0 Å². The highest BCUT2D eigenvalue weighted by Gasteiger charge is 2.06. The van der Waals surface area contributed by atoms with Gasteiger partial charge in [0.15, 0.2) is 0 Å². The number of aromatic nitrogens is 4. The van der Waals surface area contributed by atoms with Gasteiger partial charge in [0.2, 0.25) is 5.95 Å². The fourth-order valence-electron chi connectivity index (χ4n) is 0.889. The lowest BCUT2D eigenvalue weighted by atomic mass is 10.8. The van der Waals surface area contributed by atoms with Crippen molar-refractivity contribution in [2.24, 2.45) is 0 Å². The predicted molar refractivity (Wildman–Crippen MR) is 55.5 cm³/mol. The van der Waals surface area contributed by atoms with Crippen LogP contribution in [-0.2, 0) is 0 Å². The molecule has 0 atom stereocenters. The summed E-state index contributed by atoms with van der Waals surface area (Å²) in [5.41, 5.74) is 0. The van der Waals surface area contributed by atoms with Gasteiger partial charge in [0.1, 0.15) is 5.03 Å². The Kier molecular flexibility index (Phi) is 2.93. The molecule has 7 heteroatoms. The highest BCUT2D eigenvalue weighted by atomic mass is 32.2. The Morgan fingerprint density at radius 1 is 1.33 bits per heavy atom. The van der Waals surface area contributed by atoms with E-state index < -0.39 is 0 Å². The van der Waals surface area contributed by atoms with Crippen molar-refractivity contribution in [2.75, 3.05) is 5.32 Å². The Morgan fingerprint density at radius 3 is 2.93 bits per heavy atom. The van der Waals surface area contributed by atoms with Gasteiger partial charge in [0.05, 0.1) is 6.20 Å². The van der Waals surface area contributed by atoms with Crippen molar-refractivity contribution in [3.05, 3.63) is 31.0 Å². The maximum absolute atomic E-state index is 11.4. The molecule has 6 nitrogen and oxygen atoms in total. The molecule has 0 radical (unpaired) electrons. The fraction of sp³-hybridized carbons (Fsp3) is 0. The van der Waals surface area contributed by atoms with Crippen LogP contribution >= 0.6 is 11.8 Å². The lowest BCUT2D eigenvalue weighted by molar-refractivity contribution is 0.269. The molecule has 0 unspecified atom stereocenters. The van der Waals surface area contributed by atoms with Crippen molar-refractivity contribution in [3.8, 4) is 0 Å². The number of nitrogens with zero attached hydrogens (tertiary/aromatic N) is 3. The molecule has 76 valence electrons. The van der Waals surface area contributed by atoms with Crippen molar-refractivity contribution >= 4 is 22.9 Å². The lowest BCUT2D eigenvalue weighted by Gasteiger charge is -1.99. The number of anilines is 1. The number of carbonyl (C=O) groups excluding carboxylic acids is 1. The fourth-order valence-corrected chi connectivity index (χ4v) is 1.45. The van der Waals surface area contributed by atoms with E-state index in [2.05, 4.69) is 25.3 Å². The third-order valence-corrected chi connectivity index (χ3v) is 2.16. The van der Waals surface area contributed by atoms with Crippen LogP contribution in [0, 0.1) is 0 Å². The number of amides is 1. The summed E-state index contributed by atoms with van der Waals surface area (Å²) in [6, 6.07) is 0. The standard InChI is InChI=1S/C8H7N5OS/c14-8(13-7-11-3-4-12-7)15-6-5-9-1-2-10-6/h1-5H,(H2,11,12,13,14). The van der Waals surface area contributed by atoms with E-state index in [1.807, 2.05) is 0 Å². The van der Waals surface area contributed by atoms with E-state index in [0.717, 1.165) is 11.8 Å². The van der Waals surface area contributed by atoms with Gasteiger partial charge in [-0.2, -0.15) is 0 Å². The van der Waals surface area contributed by atoms with E-state index in [4.69, 9.17) is 0 Å². The molecule has 2 rings (SSSR count). The smallest absolute Gasteiger partial charge is 0.292 e. The number of hydrogen-bond donors (Lipinski definition) is 2. The van der Waals surface area contributed by atoms with Crippen molar-refractivity contribution in [1.29, 1.82) is 0 Å². The van der Waals surface area contributed by atoms with Crippen molar-refractivity contribution in [1.82, 2.24) is 19.9 Å². The summed E-state index contributed by atoms with van der Waals surface area (Å²) >= 11 is 0.958. The first-order valence-corrected chi connectivity index (χ1v) is 4.90. The summed E-state index contributed by atoms with van der Waals surface area (Å²) in [5.74, 6) is 0.413. The van der Waals surface area contributed by atoms with Gasteiger partial charge in [0, 0.05) is 24.8 Å². The summed E-state index contributed by atoms with van der Waals surface area (Å²) in [7, 11) is 0. The Bertz CT molecular complexity index is 430. The first kappa shape index (κ1) is 9.66. The molecule has 2 N–H and O–H groups in total. The van der Waals surface area contributed by atoms with Gasteiger partial charge in [-0.3, -0.25) is 15.1 Å². The Hall–Kier alpha value is -1.89. The molecular weight excluding hydrogens is 214 g/mol. The number of rotatable bonds is 2. The summed E-state index contributed by atoms with van der Waals surface area (Å²) in [5, 5.41) is 2.84. The monoisotopic (exact) mass is 221 g/mol. The highest BCUT2D eigenvalue weighted by Crippen LogP contribution is 2.15. The van der Waals surface area contributed by atoms with Crippen LogP contribution in [0.25, 0.3) is 0 Å². The number of H-pyrrole nitrogens is 1. The van der Waals surface area contributed by atoms with Crippen LogP contribution in [0.5, 0.6) is 0 Å². The third kappa shape index (κ3) is 2.78. The molecule has 2 aromatic rings. The molecule has 0 aromatic carbocycles. The second-order valence-electron chi connectivity index (χ2n) is 2.50. The van der Waals surface area contributed by atoms with Crippen molar-refractivity contribution < 1.29 is 4.79 Å². The molecule has 0 saturated heterocycles. The van der Waals surface area contributed by atoms with Crippen LogP contribution < -0.4 is 5.32 Å². The minimum absolute atomic E-state index is 0.259. The van der Waals surface area contributed by atoms with Gasteiger partial charge >= 0.3 is 0 Å². The van der Waals surface area contributed by atoms with Gasteiger partial charge in [-0.15, -0.1) is 0 Å². The van der Waals surface area contributed by atoms with Crippen LogP contribution in [0.1, 0.15) is 0 Å². The van der Waals surface area contributed by atoms with E-state index in [9.17, 15) is 4.79 Å². The number of thioether (sulfide) groups is 1. The van der Waals surface area contributed by atoms with Crippen LogP contribution in [0.15, 0.2) is 36.0 Å². The molecule has 0 fully saturated rings. The summed E-state index contributed by atoms with van der Waals surface area (Å²) in [6.07, 6.45) is 7.79. The van der Waals surface area contributed by atoms with Crippen LogP contribution in [0.3, 0.4) is 0 Å². The van der Waals surface area contributed by atoms with Crippen LogP contribution in [0.2, 0.25) is 0 Å². The summed E-state index contributed by atoms with van der Waals surface area (Å²) in [4.78, 5) is 25.8. The van der Waals surface area contributed by atoms with Gasteiger partial charge in [-0.25, -0.2) is 9.97 Å². The molecule has 15 heavy (non-hydrogen) atoms. The van der Waals surface area contributed by atoms with Gasteiger partial charge < -0.3 is 4.98 Å². The Labute approximate surface area is 89.6 Å². The minimum Gasteiger partial charge on any atom is -0.331 e. The first-order chi connectivity index (χ1) is 7.34. The number of nitrogens with one attached hydrogen (secondary N) is 2. The second-order valence-corrected chi connectivity index (χ2v) is 3.49. The maximum atomic E-state index is 11.4. The number of hydrogen-bond acceptors (Lipinski definition) is 5. The SMILES string of the molecule is O=C(Nc1ncc[nH]1)Sc1cnccn1. The average molecular weight is 221 g/mol. The molecule has 0 spiro atoms. The Balaban J connectivity index is 1.94. The zero-order chi connectivity index (χ0) is 10.5. The third-order valence-electron chi connectivity index (χ3n) is 1.46. The highest BCUT2D eigenvalue weighted by molar-refractivity contribution is 8.13. The molecule has 0 aliphatic carbocycles. The summed E-state index contributed by atoms with van der Waals surface area (Å²) in [6.45, 7) is 0. The Morgan fingerprint density at radius 2 is 2.27 bits per heavy atom. The van der Waals surface area contributed by atoms with E-state index in [1.54, 1.807) is 18.6 Å². The minimum atomic E-state index is -0.259. The van der Waals surface area contributed by atoms with Gasteiger partial charge in [-0.1, -0.05) is 0 Å². The van der Waals surface area contributed by atoms with Crippen LogP contribution in [0.4, 0.5) is 10.7 Å². The largest absolute Gasteiger partial charge is 0.331 e. The molecule has 0 saturated carbocycles. The molecule has 2 heterocycles. The maximum Gasteiger partial charge on any atom is 0.292 e. The molecule has 0 aliphatic heterocycles. The number of carbonyl (C=O) groups is 1. The van der Waals surface area contributed by atoms with Crippen molar-refractivity contribution in [3.63, 3.8) is 0 Å². The predicted octanol–water partition coefficient (Wildman–Crippen LogP) is 1.52. The van der Waals surface area contributed by atoms with E-state index in [0.29, 0.717) is 11.0 Å². The van der Waals surface area contributed by atoms with E-state index in [-0.39, 0.29) is 5.24 Å². The van der Waals surface area contributed by atoms with Gasteiger partial charge in [0.25, 0.3) is 5.24 Å². The topological polar surface area (TPSA) is 83.6 Å². The lowest BCUT2D eigenvalue weighted by Crippen LogP contribution is -2.06. The molecule has 0 bridgehead atoms. The number of imidazole rings is 1. The normalized spacial score (nSPS) is 9.87. The van der Waals surface area contributed by atoms with Crippen molar-refractivity contribution in [2.45, 2.75) is 5.03 Å². The number of aromatic amines is 1. The quantitative estimate of drug-likeness (QED) is 0.751. The zero-order valence-electron chi connectivity index (χ0n) is 7.54. The van der Waals surface area contributed by atoms with Crippen LogP contribution in [-0.4, -0.2) is 25.2 Å². The molecule has 2 aromatic heterocycles. The average Bonchev–Trinajstić information content (AvgIpc) is 2.71. The molecular formula is C8H7N5OS.